The van der Waals surface area contributed by atoms with E-state index in [1.54, 1.807) is 6.92 Å². The Hall–Kier alpha value is -1.67. The van der Waals surface area contributed by atoms with Crippen LogP contribution in [-0.4, -0.2) is 31.2 Å². The second-order valence-electron chi connectivity index (χ2n) is 5.44. The van der Waals surface area contributed by atoms with Gasteiger partial charge < -0.3 is 5.73 Å². The maximum absolute atomic E-state index is 12.5. The van der Waals surface area contributed by atoms with E-state index in [1.165, 1.54) is 17.4 Å². The molecule has 0 fully saturated rings. The van der Waals surface area contributed by atoms with E-state index in [9.17, 15) is 18.5 Å². The lowest BCUT2D eigenvalue weighted by Crippen LogP contribution is -2.29. The summed E-state index contributed by atoms with van der Waals surface area (Å²) in [6.45, 7) is 5.93. The number of nitrogens with two attached hydrogens (primary N) is 1. The van der Waals surface area contributed by atoms with Gasteiger partial charge in [-0.05, 0) is 30.9 Å². The summed E-state index contributed by atoms with van der Waals surface area (Å²) in [6, 6.07) is 2.35. The number of hydrogen-bond donors (Lipinski definition) is 1. The van der Waals surface area contributed by atoms with Crippen molar-refractivity contribution in [2.45, 2.75) is 32.1 Å². The van der Waals surface area contributed by atoms with Crippen LogP contribution in [0.15, 0.2) is 17.0 Å². The molecule has 1 rings (SSSR count). The van der Waals surface area contributed by atoms with Crippen LogP contribution in [0.2, 0.25) is 0 Å². The van der Waals surface area contributed by atoms with Crippen molar-refractivity contribution in [3.8, 4) is 0 Å². The highest BCUT2D eigenvalue weighted by Crippen LogP contribution is 2.29. The second-order valence-corrected chi connectivity index (χ2v) is 7.46. The molecule has 0 aliphatic heterocycles. The largest absolute Gasteiger partial charge is 0.393 e. The number of benzene rings is 1. The van der Waals surface area contributed by atoms with Gasteiger partial charge in [-0.15, -0.1) is 0 Å². The van der Waals surface area contributed by atoms with Gasteiger partial charge in [-0.3, -0.25) is 10.1 Å². The van der Waals surface area contributed by atoms with E-state index in [0.717, 1.165) is 6.07 Å². The normalized spacial score (nSPS) is 12.1. The van der Waals surface area contributed by atoms with Gasteiger partial charge in [-0.25, -0.2) is 12.7 Å². The van der Waals surface area contributed by atoms with Crippen LogP contribution in [0.5, 0.6) is 0 Å². The molecular weight excluding hydrogens is 294 g/mol. The van der Waals surface area contributed by atoms with E-state index in [1.807, 2.05) is 13.8 Å². The van der Waals surface area contributed by atoms with Crippen LogP contribution in [-0.2, 0) is 10.0 Å². The standard InChI is InChI=1S/C13H21N3O4S/c1-9(2)5-6-15(4)21(19,20)13-8-12(16(17)18)11(14)7-10(13)3/h7-9H,5-6,14H2,1-4H3. The number of aryl methyl sites for hydroxylation is 1. The number of rotatable bonds is 6. The van der Waals surface area contributed by atoms with Crippen molar-refractivity contribution in [3.05, 3.63) is 27.8 Å². The molecule has 0 bridgehead atoms. The highest BCUT2D eigenvalue weighted by Gasteiger charge is 2.26. The van der Waals surface area contributed by atoms with Gasteiger partial charge in [0.2, 0.25) is 10.0 Å². The SMILES string of the molecule is Cc1cc(N)c([N+](=O)[O-])cc1S(=O)(=O)N(C)CCC(C)C. The molecule has 0 aliphatic rings. The molecule has 0 atom stereocenters. The zero-order valence-electron chi connectivity index (χ0n) is 12.7. The summed E-state index contributed by atoms with van der Waals surface area (Å²) < 4.78 is 26.2. The van der Waals surface area contributed by atoms with Crippen LogP contribution in [0.1, 0.15) is 25.8 Å². The minimum Gasteiger partial charge on any atom is -0.393 e. The first-order valence-electron chi connectivity index (χ1n) is 6.58. The third-order valence-corrected chi connectivity index (χ3v) is 5.23. The lowest BCUT2D eigenvalue weighted by molar-refractivity contribution is -0.384. The van der Waals surface area contributed by atoms with Crippen LogP contribution in [0.25, 0.3) is 0 Å². The Morgan fingerprint density at radius 3 is 2.43 bits per heavy atom. The Labute approximate surface area is 124 Å². The molecule has 0 unspecified atom stereocenters. The van der Waals surface area contributed by atoms with E-state index in [2.05, 4.69) is 0 Å². The molecule has 21 heavy (non-hydrogen) atoms. The average Bonchev–Trinajstić information content (AvgIpc) is 2.34. The molecule has 1 aromatic carbocycles. The lowest BCUT2D eigenvalue weighted by Gasteiger charge is -2.19. The third-order valence-electron chi connectivity index (χ3n) is 3.23. The summed E-state index contributed by atoms with van der Waals surface area (Å²) in [4.78, 5) is 10.2. The van der Waals surface area contributed by atoms with Crippen molar-refractivity contribution < 1.29 is 13.3 Å². The van der Waals surface area contributed by atoms with Gasteiger partial charge >= 0.3 is 0 Å². The summed E-state index contributed by atoms with van der Waals surface area (Å²) in [5, 5.41) is 10.9. The van der Waals surface area contributed by atoms with E-state index >= 15 is 0 Å². The Morgan fingerprint density at radius 2 is 1.95 bits per heavy atom. The fraction of sp³-hybridized carbons (Fsp3) is 0.538. The predicted octanol–water partition coefficient (Wildman–Crippen LogP) is 2.15. The number of nitrogens with zero attached hydrogens (tertiary/aromatic N) is 2. The van der Waals surface area contributed by atoms with E-state index < -0.39 is 20.6 Å². The molecule has 1 aromatic rings. The van der Waals surface area contributed by atoms with Crippen molar-refractivity contribution in [2.75, 3.05) is 19.3 Å². The first-order valence-corrected chi connectivity index (χ1v) is 8.02. The summed E-state index contributed by atoms with van der Waals surface area (Å²) in [7, 11) is -2.29. The van der Waals surface area contributed by atoms with E-state index in [0.29, 0.717) is 24.4 Å². The van der Waals surface area contributed by atoms with Gasteiger partial charge in [0.15, 0.2) is 0 Å². The van der Waals surface area contributed by atoms with Crippen molar-refractivity contribution in [1.82, 2.24) is 4.31 Å². The Kier molecular flexibility index (Phi) is 5.30. The smallest absolute Gasteiger partial charge is 0.293 e. The number of sulfonamides is 1. The molecule has 118 valence electrons. The summed E-state index contributed by atoms with van der Waals surface area (Å²) in [5.41, 5.74) is 5.52. The van der Waals surface area contributed by atoms with Crippen molar-refractivity contribution >= 4 is 21.4 Å². The van der Waals surface area contributed by atoms with Crippen LogP contribution < -0.4 is 5.73 Å². The fourth-order valence-electron chi connectivity index (χ4n) is 1.86. The molecule has 0 amide bonds. The summed E-state index contributed by atoms with van der Waals surface area (Å²) in [6.07, 6.45) is 0.714. The monoisotopic (exact) mass is 315 g/mol. The zero-order chi connectivity index (χ0) is 16.4. The van der Waals surface area contributed by atoms with Gasteiger partial charge in [0.1, 0.15) is 5.69 Å². The Balaban J connectivity index is 3.25. The van der Waals surface area contributed by atoms with Gasteiger partial charge in [0, 0.05) is 19.7 Å². The first kappa shape index (κ1) is 17.4. The molecule has 0 saturated carbocycles. The molecule has 0 saturated heterocycles. The van der Waals surface area contributed by atoms with Crippen LogP contribution in [0.4, 0.5) is 11.4 Å². The van der Waals surface area contributed by atoms with E-state index in [-0.39, 0.29) is 10.6 Å². The van der Waals surface area contributed by atoms with Gasteiger partial charge in [0.25, 0.3) is 5.69 Å². The molecular formula is C13H21N3O4S. The van der Waals surface area contributed by atoms with Crippen molar-refractivity contribution in [2.24, 2.45) is 5.92 Å². The minimum atomic E-state index is -3.76. The predicted molar refractivity (Wildman–Crippen MR) is 81.5 cm³/mol. The molecule has 0 heterocycles. The number of hydrogen-bond acceptors (Lipinski definition) is 5. The number of nitro groups is 1. The molecule has 0 aliphatic carbocycles. The van der Waals surface area contributed by atoms with E-state index in [4.69, 9.17) is 5.73 Å². The highest BCUT2D eigenvalue weighted by atomic mass is 32.2. The van der Waals surface area contributed by atoms with Gasteiger partial charge in [-0.1, -0.05) is 13.8 Å². The number of nitro benzene ring substituents is 1. The highest BCUT2D eigenvalue weighted by molar-refractivity contribution is 7.89. The topological polar surface area (TPSA) is 107 Å². The quantitative estimate of drug-likeness (QED) is 0.492. The minimum absolute atomic E-state index is 0.0405. The Bertz CT molecular complexity index is 641. The molecule has 0 spiro atoms. The fourth-order valence-corrected chi connectivity index (χ4v) is 3.27. The summed E-state index contributed by atoms with van der Waals surface area (Å²) in [5.74, 6) is 0.365. The third kappa shape index (κ3) is 3.92. The van der Waals surface area contributed by atoms with Crippen LogP contribution in [0.3, 0.4) is 0 Å². The van der Waals surface area contributed by atoms with Crippen LogP contribution >= 0.6 is 0 Å². The summed E-state index contributed by atoms with van der Waals surface area (Å²) >= 11 is 0. The van der Waals surface area contributed by atoms with Gasteiger partial charge in [0.05, 0.1) is 9.82 Å². The molecule has 0 aromatic heterocycles. The molecule has 7 nitrogen and oxygen atoms in total. The second kappa shape index (κ2) is 6.40. The molecule has 2 N–H and O–H groups in total. The van der Waals surface area contributed by atoms with Crippen molar-refractivity contribution in [3.63, 3.8) is 0 Å². The number of nitrogen functional groups attached to an aromatic ring is 1. The maximum Gasteiger partial charge on any atom is 0.293 e. The average molecular weight is 315 g/mol. The number of anilines is 1. The zero-order valence-corrected chi connectivity index (χ0v) is 13.5. The maximum atomic E-state index is 12.5. The van der Waals surface area contributed by atoms with Crippen LogP contribution in [0, 0.1) is 23.0 Å². The molecule has 8 heteroatoms. The van der Waals surface area contributed by atoms with Crippen molar-refractivity contribution in [1.29, 1.82) is 0 Å². The lowest BCUT2D eigenvalue weighted by atomic mass is 10.1. The Morgan fingerprint density at radius 1 is 1.38 bits per heavy atom. The first-order chi connectivity index (χ1) is 9.57. The molecule has 0 radical (unpaired) electrons. The van der Waals surface area contributed by atoms with Gasteiger partial charge in [-0.2, -0.15) is 0 Å².